The number of hydrogen-bond acceptors (Lipinski definition) is 4. The van der Waals surface area contributed by atoms with E-state index in [-0.39, 0.29) is 29.2 Å². The molecule has 3 rings (SSSR count). The third kappa shape index (κ3) is 6.78. The SMILES string of the molecule is Cc1ccc(S(=O)(=O)N(CCO)c2ccccc2CN(C)C(=O)/C=C/c2ccc(C(F)(F)F)cc2)cc1F. The molecular weight excluding hydrogens is 524 g/mol. The first kappa shape index (κ1) is 28.9. The Bertz CT molecular complexity index is 1420. The van der Waals surface area contributed by atoms with Gasteiger partial charge in [-0.2, -0.15) is 13.2 Å². The van der Waals surface area contributed by atoms with Crippen LogP contribution in [0, 0.1) is 12.7 Å². The van der Waals surface area contributed by atoms with Gasteiger partial charge in [-0.3, -0.25) is 9.10 Å². The fraction of sp³-hybridized carbons (Fsp3) is 0.222. The van der Waals surface area contributed by atoms with E-state index in [2.05, 4.69) is 0 Å². The van der Waals surface area contributed by atoms with Gasteiger partial charge in [0.05, 0.1) is 29.3 Å². The number of carbonyl (C=O) groups excluding carboxylic acids is 1. The summed E-state index contributed by atoms with van der Waals surface area (Å²) in [7, 11) is -2.78. The first-order chi connectivity index (χ1) is 17.8. The lowest BCUT2D eigenvalue weighted by Crippen LogP contribution is -2.35. The molecule has 0 aliphatic carbocycles. The standard InChI is InChI=1S/C27H26F4N2O4S/c1-19-7-13-23(17-24(19)28)38(36,37)33(15-16-34)25-6-4-3-5-21(25)18-32(2)26(35)14-10-20-8-11-22(12-9-20)27(29,30)31/h3-14,17,34H,15-16,18H2,1-2H3/b14-10+. The van der Waals surface area contributed by atoms with E-state index >= 15 is 0 Å². The first-order valence-corrected chi connectivity index (χ1v) is 12.9. The van der Waals surface area contributed by atoms with Gasteiger partial charge in [-0.15, -0.1) is 0 Å². The predicted molar refractivity (Wildman–Crippen MR) is 136 cm³/mol. The molecule has 0 heterocycles. The number of sulfonamides is 1. The minimum atomic E-state index is -4.46. The zero-order valence-electron chi connectivity index (χ0n) is 20.6. The van der Waals surface area contributed by atoms with Crippen LogP contribution in [0.3, 0.4) is 0 Å². The van der Waals surface area contributed by atoms with Crippen LogP contribution in [0.1, 0.15) is 22.3 Å². The highest BCUT2D eigenvalue weighted by molar-refractivity contribution is 7.92. The monoisotopic (exact) mass is 550 g/mol. The van der Waals surface area contributed by atoms with Crippen LogP contribution in [0.15, 0.2) is 77.7 Å². The Hall–Kier alpha value is -3.70. The van der Waals surface area contributed by atoms with Crippen molar-refractivity contribution in [2.24, 2.45) is 0 Å². The Morgan fingerprint density at radius 1 is 1.03 bits per heavy atom. The maximum atomic E-state index is 14.1. The number of aliphatic hydroxyl groups is 1. The summed E-state index contributed by atoms with van der Waals surface area (Å²) in [6.45, 7) is 0.671. The summed E-state index contributed by atoms with van der Waals surface area (Å²) in [6.07, 6.45) is -1.89. The maximum Gasteiger partial charge on any atom is 0.416 e. The van der Waals surface area contributed by atoms with Gasteiger partial charge in [-0.05, 0) is 60.0 Å². The molecule has 6 nitrogen and oxygen atoms in total. The third-order valence-corrected chi connectivity index (χ3v) is 7.54. The van der Waals surface area contributed by atoms with E-state index in [1.54, 1.807) is 18.2 Å². The van der Waals surface area contributed by atoms with Crippen LogP contribution >= 0.6 is 0 Å². The Kier molecular flexibility index (Phi) is 8.95. The number of carbonyl (C=O) groups is 1. The lowest BCUT2D eigenvalue weighted by Gasteiger charge is -2.27. The predicted octanol–water partition coefficient (Wildman–Crippen LogP) is 5.01. The molecule has 0 saturated carbocycles. The van der Waals surface area contributed by atoms with Gasteiger partial charge in [0, 0.05) is 19.7 Å². The molecule has 0 aliphatic heterocycles. The number of alkyl halides is 3. The largest absolute Gasteiger partial charge is 0.416 e. The zero-order valence-corrected chi connectivity index (χ0v) is 21.4. The van der Waals surface area contributed by atoms with Crippen molar-refractivity contribution in [2.45, 2.75) is 24.5 Å². The van der Waals surface area contributed by atoms with Gasteiger partial charge < -0.3 is 10.0 Å². The Morgan fingerprint density at radius 3 is 2.29 bits per heavy atom. The molecule has 3 aromatic carbocycles. The third-order valence-electron chi connectivity index (χ3n) is 5.73. The highest BCUT2D eigenvalue weighted by atomic mass is 32.2. The van der Waals surface area contributed by atoms with Crippen molar-refractivity contribution in [1.29, 1.82) is 0 Å². The van der Waals surface area contributed by atoms with Crippen molar-refractivity contribution in [3.63, 3.8) is 0 Å². The molecule has 0 spiro atoms. The topological polar surface area (TPSA) is 77.9 Å². The quantitative estimate of drug-likeness (QED) is 0.300. The molecule has 0 radical (unpaired) electrons. The number of aliphatic hydroxyl groups excluding tert-OH is 1. The van der Waals surface area contributed by atoms with Crippen LogP contribution in [0.2, 0.25) is 0 Å². The number of aryl methyl sites for hydroxylation is 1. The Balaban J connectivity index is 1.84. The molecule has 0 saturated heterocycles. The summed E-state index contributed by atoms with van der Waals surface area (Å²) in [6, 6.07) is 14.3. The number of para-hydroxylation sites is 1. The van der Waals surface area contributed by atoms with Crippen molar-refractivity contribution >= 4 is 27.7 Å². The van der Waals surface area contributed by atoms with Crippen LogP contribution in [-0.2, 0) is 27.5 Å². The first-order valence-electron chi connectivity index (χ1n) is 11.4. The normalized spacial score (nSPS) is 12.1. The minimum Gasteiger partial charge on any atom is -0.394 e. The van der Waals surface area contributed by atoms with E-state index in [1.165, 1.54) is 61.4 Å². The highest BCUT2D eigenvalue weighted by Crippen LogP contribution is 2.30. The molecular formula is C27H26F4N2O4S. The number of anilines is 1. The number of nitrogens with zero attached hydrogens (tertiary/aromatic N) is 2. The summed E-state index contributed by atoms with van der Waals surface area (Å²) in [5.41, 5.74) is 0.517. The van der Waals surface area contributed by atoms with Crippen LogP contribution in [-0.4, -0.2) is 44.5 Å². The summed E-state index contributed by atoms with van der Waals surface area (Å²) in [4.78, 5) is 13.7. The van der Waals surface area contributed by atoms with Gasteiger partial charge in [-0.1, -0.05) is 36.4 Å². The number of rotatable bonds is 9. The Morgan fingerprint density at radius 2 is 1.68 bits per heavy atom. The maximum absolute atomic E-state index is 14.1. The summed E-state index contributed by atoms with van der Waals surface area (Å²) in [5.74, 6) is -1.16. The molecule has 0 aromatic heterocycles. The van der Waals surface area contributed by atoms with Crippen LogP contribution < -0.4 is 4.31 Å². The highest BCUT2D eigenvalue weighted by Gasteiger charge is 2.30. The smallest absolute Gasteiger partial charge is 0.394 e. The van der Waals surface area contributed by atoms with Gasteiger partial charge in [0.15, 0.2) is 0 Å². The van der Waals surface area contributed by atoms with E-state index in [0.717, 1.165) is 22.5 Å². The number of halogens is 4. The van der Waals surface area contributed by atoms with Crippen LogP contribution in [0.25, 0.3) is 6.08 Å². The van der Waals surface area contributed by atoms with Crippen molar-refractivity contribution in [2.75, 3.05) is 24.5 Å². The second-order valence-corrected chi connectivity index (χ2v) is 10.4. The fourth-order valence-corrected chi connectivity index (χ4v) is 5.13. The van der Waals surface area contributed by atoms with Gasteiger partial charge >= 0.3 is 6.18 Å². The van der Waals surface area contributed by atoms with E-state index < -0.39 is 40.1 Å². The fourth-order valence-electron chi connectivity index (χ4n) is 3.62. The van der Waals surface area contributed by atoms with Gasteiger partial charge in [0.1, 0.15) is 5.82 Å². The number of benzene rings is 3. The lowest BCUT2D eigenvalue weighted by molar-refractivity contribution is -0.137. The summed E-state index contributed by atoms with van der Waals surface area (Å²) < 4.78 is 80.1. The molecule has 0 atom stereocenters. The van der Waals surface area contributed by atoms with Crippen LogP contribution in [0.4, 0.5) is 23.2 Å². The molecule has 202 valence electrons. The average molecular weight is 551 g/mol. The van der Waals surface area contributed by atoms with E-state index in [0.29, 0.717) is 11.1 Å². The minimum absolute atomic E-state index is 0.0218. The Labute approximate surface area is 218 Å². The average Bonchev–Trinajstić information content (AvgIpc) is 2.87. The van der Waals surface area contributed by atoms with Crippen molar-refractivity contribution in [1.82, 2.24) is 4.90 Å². The zero-order chi connectivity index (χ0) is 28.1. The van der Waals surface area contributed by atoms with Crippen LogP contribution in [0.5, 0.6) is 0 Å². The lowest BCUT2D eigenvalue weighted by atomic mass is 10.1. The second-order valence-electron chi connectivity index (χ2n) is 8.49. The molecule has 0 unspecified atom stereocenters. The molecule has 0 bridgehead atoms. The van der Waals surface area contributed by atoms with Crippen molar-refractivity contribution in [3.05, 3.63) is 101 Å². The van der Waals surface area contributed by atoms with Crippen molar-refractivity contribution in [3.8, 4) is 0 Å². The second kappa shape index (κ2) is 11.8. The van der Waals surface area contributed by atoms with Gasteiger partial charge in [-0.25, -0.2) is 12.8 Å². The molecule has 3 aromatic rings. The molecule has 0 fully saturated rings. The molecule has 0 aliphatic rings. The van der Waals surface area contributed by atoms with E-state index in [4.69, 9.17) is 0 Å². The summed E-state index contributed by atoms with van der Waals surface area (Å²) >= 11 is 0. The molecule has 1 N–H and O–H groups in total. The number of amides is 1. The van der Waals surface area contributed by atoms with Gasteiger partial charge in [0.2, 0.25) is 5.91 Å². The van der Waals surface area contributed by atoms with E-state index in [1.807, 2.05) is 0 Å². The molecule has 1 amide bonds. The summed E-state index contributed by atoms with van der Waals surface area (Å²) in [5, 5.41) is 9.59. The molecule has 11 heteroatoms. The number of hydrogen-bond donors (Lipinski definition) is 1. The van der Waals surface area contributed by atoms with E-state index in [9.17, 15) is 35.9 Å². The van der Waals surface area contributed by atoms with Crippen molar-refractivity contribution < 1.29 is 35.9 Å². The van der Waals surface area contributed by atoms with Gasteiger partial charge in [0.25, 0.3) is 10.0 Å². The number of likely N-dealkylation sites (N-methyl/N-ethyl adjacent to an activating group) is 1. The molecule has 38 heavy (non-hydrogen) atoms.